The Balaban J connectivity index is 1.82. The van der Waals surface area contributed by atoms with Crippen molar-refractivity contribution >= 4 is 35.0 Å². The number of hydrogen-bond acceptors (Lipinski definition) is 6. The lowest BCUT2D eigenvalue weighted by atomic mass is 10.1. The third kappa shape index (κ3) is 4.90. The first-order valence-electron chi connectivity index (χ1n) is 9.93. The van der Waals surface area contributed by atoms with Crippen LogP contribution in [0.4, 0.5) is 0 Å². The highest BCUT2D eigenvalue weighted by Crippen LogP contribution is 2.42. The van der Waals surface area contributed by atoms with Crippen LogP contribution in [-0.2, 0) is 5.75 Å². The Morgan fingerprint density at radius 1 is 0.848 bits per heavy atom. The summed E-state index contributed by atoms with van der Waals surface area (Å²) in [4.78, 5) is 0. The van der Waals surface area contributed by atoms with Crippen LogP contribution in [0.2, 0.25) is 10.0 Å². The van der Waals surface area contributed by atoms with Gasteiger partial charge in [-0.2, -0.15) is 0 Å². The predicted molar refractivity (Wildman–Crippen MR) is 132 cm³/mol. The van der Waals surface area contributed by atoms with Crippen LogP contribution < -0.4 is 14.2 Å². The molecule has 1 heterocycles. The van der Waals surface area contributed by atoms with Crippen LogP contribution in [-0.4, -0.2) is 36.1 Å². The van der Waals surface area contributed by atoms with Crippen molar-refractivity contribution in [2.75, 3.05) is 21.3 Å². The molecule has 4 rings (SSSR count). The monoisotopic (exact) mass is 501 g/mol. The minimum absolute atomic E-state index is 0.509. The first-order valence-corrected chi connectivity index (χ1v) is 11.7. The third-order valence-corrected chi connectivity index (χ3v) is 6.55. The molecule has 0 saturated carbocycles. The van der Waals surface area contributed by atoms with Crippen molar-refractivity contribution in [2.45, 2.75) is 10.9 Å². The average molecular weight is 502 g/mol. The topological polar surface area (TPSA) is 58.4 Å². The fourth-order valence-electron chi connectivity index (χ4n) is 3.34. The van der Waals surface area contributed by atoms with Crippen LogP contribution in [0.1, 0.15) is 5.56 Å². The number of hydrogen-bond donors (Lipinski definition) is 0. The second kappa shape index (κ2) is 10.4. The van der Waals surface area contributed by atoms with Crippen molar-refractivity contribution in [3.63, 3.8) is 0 Å². The molecule has 0 bridgehead atoms. The Hall–Kier alpha value is -2.87. The smallest absolute Gasteiger partial charge is 0.203 e. The Morgan fingerprint density at radius 2 is 1.52 bits per heavy atom. The summed E-state index contributed by atoms with van der Waals surface area (Å²) < 4.78 is 18.5. The molecule has 170 valence electrons. The fourth-order valence-corrected chi connectivity index (χ4v) is 4.70. The molecule has 0 radical (unpaired) electrons. The van der Waals surface area contributed by atoms with Gasteiger partial charge in [-0.15, -0.1) is 10.2 Å². The Bertz CT molecular complexity index is 1240. The first kappa shape index (κ1) is 23.3. The van der Waals surface area contributed by atoms with E-state index in [9.17, 15) is 0 Å². The van der Waals surface area contributed by atoms with Gasteiger partial charge >= 0.3 is 0 Å². The zero-order valence-electron chi connectivity index (χ0n) is 18.2. The van der Waals surface area contributed by atoms with E-state index in [-0.39, 0.29) is 0 Å². The third-order valence-electron chi connectivity index (χ3n) is 4.96. The van der Waals surface area contributed by atoms with Crippen LogP contribution in [0, 0.1) is 0 Å². The van der Waals surface area contributed by atoms with E-state index in [0.717, 1.165) is 16.8 Å². The summed E-state index contributed by atoms with van der Waals surface area (Å²) in [5.74, 6) is 2.83. The summed E-state index contributed by atoms with van der Waals surface area (Å²) in [5.41, 5.74) is 2.65. The van der Waals surface area contributed by atoms with Gasteiger partial charge in [0.2, 0.25) is 5.75 Å². The molecular formula is C24H21Cl2N3O3S. The molecular weight excluding hydrogens is 481 g/mol. The van der Waals surface area contributed by atoms with Gasteiger partial charge in [-0.05, 0) is 48.0 Å². The lowest BCUT2D eigenvalue weighted by Crippen LogP contribution is -2.01. The Kier molecular flexibility index (Phi) is 7.33. The summed E-state index contributed by atoms with van der Waals surface area (Å²) in [5, 5.41) is 11.0. The molecule has 1 aromatic heterocycles. The maximum absolute atomic E-state index is 6.35. The number of halogens is 2. The van der Waals surface area contributed by atoms with Crippen molar-refractivity contribution < 1.29 is 14.2 Å². The van der Waals surface area contributed by atoms with E-state index in [1.165, 1.54) is 0 Å². The minimum Gasteiger partial charge on any atom is -0.493 e. The van der Waals surface area contributed by atoms with Gasteiger partial charge < -0.3 is 14.2 Å². The number of nitrogens with zero attached hydrogens (tertiary/aromatic N) is 3. The Morgan fingerprint density at radius 3 is 2.12 bits per heavy atom. The molecule has 33 heavy (non-hydrogen) atoms. The standard InChI is InChI=1S/C24H21Cl2N3O3S/c1-30-20-12-16(13-21(31-2)22(20)32-3)23-27-28-24(29(23)18-10-8-17(25)9-11-18)33-14-15-6-4-5-7-19(15)26/h4-13H,14H2,1-3H3. The van der Waals surface area contributed by atoms with Crippen molar-refractivity contribution in [2.24, 2.45) is 0 Å². The van der Waals surface area contributed by atoms with Crippen molar-refractivity contribution in [3.8, 4) is 34.3 Å². The maximum atomic E-state index is 6.35. The van der Waals surface area contributed by atoms with E-state index < -0.39 is 0 Å². The molecule has 0 aliphatic rings. The van der Waals surface area contributed by atoms with E-state index in [2.05, 4.69) is 10.2 Å². The zero-order chi connectivity index (χ0) is 23.4. The van der Waals surface area contributed by atoms with E-state index in [0.29, 0.717) is 44.0 Å². The van der Waals surface area contributed by atoms with E-state index in [4.69, 9.17) is 37.4 Å². The second-order valence-electron chi connectivity index (χ2n) is 6.91. The molecule has 0 spiro atoms. The highest BCUT2D eigenvalue weighted by Gasteiger charge is 2.21. The van der Waals surface area contributed by atoms with Gasteiger partial charge in [0.1, 0.15) is 0 Å². The number of rotatable bonds is 8. The van der Waals surface area contributed by atoms with E-state index in [1.807, 2.05) is 65.2 Å². The Labute approximate surface area is 206 Å². The molecule has 0 N–H and O–H groups in total. The molecule has 0 saturated heterocycles. The highest BCUT2D eigenvalue weighted by molar-refractivity contribution is 7.98. The molecule has 0 unspecified atom stereocenters. The van der Waals surface area contributed by atoms with Crippen LogP contribution in [0.5, 0.6) is 17.2 Å². The number of thioether (sulfide) groups is 1. The van der Waals surface area contributed by atoms with Gasteiger partial charge in [0.25, 0.3) is 0 Å². The summed E-state index contributed by atoms with van der Waals surface area (Å²) in [6, 6.07) is 19.0. The number of methoxy groups -OCH3 is 3. The second-order valence-corrected chi connectivity index (χ2v) is 8.70. The van der Waals surface area contributed by atoms with E-state index in [1.54, 1.807) is 33.1 Å². The maximum Gasteiger partial charge on any atom is 0.203 e. The lowest BCUT2D eigenvalue weighted by molar-refractivity contribution is 0.324. The average Bonchev–Trinajstić information content (AvgIpc) is 3.27. The van der Waals surface area contributed by atoms with E-state index >= 15 is 0 Å². The lowest BCUT2D eigenvalue weighted by Gasteiger charge is -2.15. The highest BCUT2D eigenvalue weighted by atomic mass is 35.5. The molecule has 0 aliphatic carbocycles. The van der Waals surface area contributed by atoms with Crippen LogP contribution in [0.25, 0.3) is 17.1 Å². The molecule has 3 aromatic carbocycles. The van der Waals surface area contributed by atoms with Crippen molar-refractivity contribution in [1.82, 2.24) is 14.8 Å². The number of ether oxygens (including phenoxy) is 3. The minimum atomic E-state index is 0.509. The van der Waals surface area contributed by atoms with Gasteiger partial charge in [-0.3, -0.25) is 4.57 Å². The summed E-state index contributed by atoms with van der Waals surface area (Å²) in [6.45, 7) is 0. The molecule has 6 nitrogen and oxygen atoms in total. The van der Waals surface area contributed by atoms with Gasteiger partial charge in [0, 0.05) is 27.0 Å². The van der Waals surface area contributed by atoms with Gasteiger partial charge in [0.05, 0.1) is 21.3 Å². The van der Waals surface area contributed by atoms with Crippen molar-refractivity contribution in [1.29, 1.82) is 0 Å². The largest absolute Gasteiger partial charge is 0.493 e. The van der Waals surface area contributed by atoms with Crippen LogP contribution in [0.15, 0.2) is 65.8 Å². The SMILES string of the molecule is COc1cc(-c2nnc(SCc3ccccc3Cl)n2-c2ccc(Cl)cc2)cc(OC)c1OC. The van der Waals surface area contributed by atoms with Gasteiger partial charge in [-0.25, -0.2) is 0 Å². The first-order chi connectivity index (χ1) is 16.0. The molecule has 4 aromatic rings. The van der Waals surface area contributed by atoms with Gasteiger partial charge in [-0.1, -0.05) is 53.2 Å². The summed E-state index contributed by atoms with van der Waals surface area (Å²) in [6.07, 6.45) is 0. The van der Waals surface area contributed by atoms with Gasteiger partial charge in [0.15, 0.2) is 22.5 Å². The molecule has 0 fully saturated rings. The zero-order valence-corrected chi connectivity index (χ0v) is 20.5. The fraction of sp³-hybridized carbons (Fsp3) is 0.167. The molecule has 0 aliphatic heterocycles. The van der Waals surface area contributed by atoms with Crippen molar-refractivity contribution in [3.05, 3.63) is 76.3 Å². The molecule has 9 heteroatoms. The quantitative estimate of drug-likeness (QED) is 0.255. The normalized spacial score (nSPS) is 10.8. The number of benzene rings is 3. The van der Waals surface area contributed by atoms with Crippen LogP contribution >= 0.6 is 35.0 Å². The molecule has 0 atom stereocenters. The summed E-state index contributed by atoms with van der Waals surface area (Å²) in [7, 11) is 4.73. The predicted octanol–water partition coefficient (Wildman–Crippen LogP) is 6.56. The van der Waals surface area contributed by atoms with Crippen LogP contribution in [0.3, 0.4) is 0 Å². The molecule has 0 amide bonds. The summed E-state index contributed by atoms with van der Waals surface area (Å²) >= 11 is 14.0. The number of aromatic nitrogens is 3.